The number of guanidine groups is 2. The van der Waals surface area contributed by atoms with Crippen LogP contribution in [0.15, 0.2) is 64.8 Å². The fourth-order valence-corrected chi connectivity index (χ4v) is 2.48. The highest BCUT2D eigenvalue weighted by molar-refractivity contribution is 5.94. The van der Waals surface area contributed by atoms with Crippen LogP contribution in [0.5, 0.6) is 0 Å². The smallest absolute Gasteiger partial charge is 0.223 e. The summed E-state index contributed by atoms with van der Waals surface area (Å²) in [6.45, 7) is 0.860. The van der Waals surface area contributed by atoms with E-state index >= 15 is 0 Å². The molecular formula is C17H19N7. The van der Waals surface area contributed by atoms with E-state index in [1.165, 1.54) is 5.56 Å². The van der Waals surface area contributed by atoms with E-state index in [-0.39, 0.29) is 11.9 Å². The van der Waals surface area contributed by atoms with Crippen LogP contribution in [0, 0.1) is 0 Å². The van der Waals surface area contributed by atoms with E-state index in [0.29, 0.717) is 5.69 Å². The minimum absolute atomic E-state index is 0.0119. The van der Waals surface area contributed by atoms with E-state index in [1.807, 2.05) is 42.7 Å². The number of imidazole rings is 1. The van der Waals surface area contributed by atoms with Crippen LogP contribution in [-0.4, -0.2) is 21.5 Å². The van der Waals surface area contributed by atoms with Crippen molar-refractivity contribution in [3.63, 3.8) is 0 Å². The van der Waals surface area contributed by atoms with Crippen molar-refractivity contribution in [1.82, 2.24) is 9.55 Å². The number of nitrogens with two attached hydrogens (primary N) is 3. The summed E-state index contributed by atoms with van der Waals surface area (Å²) < 4.78 is 2.12. The Balaban J connectivity index is 1.80. The summed E-state index contributed by atoms with van der Waals surface area (Å²) >= 11 is 0. The zero-order chi connectivity index (χ0) is 16.9. The molecule has 3 rings (SSSR count). The maximum Gasteiger partial charge on any atom is 0.223 e. The van der Waals surface area contributed by atoms with Crippen molar-refractivity contribution >= 4 is 28.6 Å². The Bertz CT molecular complexity index is 890. The van der Waals surface area contributed by atoms with Gasteiger partial charge in [0.25, 0.3) is 0 Å². The lowest BCUT2D eigenvalue weighted by Crippen LogP contribution is -2.26. The maximum atomic E-state index is 5.64. The fourth-order valence-electron chi connectivity index (χ4n) is 2.48. The molecule has 122 valence electrons. The summed E-state index contributed by atoms with van der Waals surface area (Å²) in [5.41, 5.74) is 20.0. The molecule has 0 saturated carbocycles. The van der Waals surface area contributed by atoms with Gasteiger partial charge in [-0.25, -0.2) is 9.98 Å². The van der Waals surface area contributed by atoms with Crippen molar-refractivity contribution in [3.8, 4) is 0 Å². The van der Waals surface area contributed by atoms with Crippen LogP contribution in [0.2, 0.25) is 0 Å². The summed E-state index contributed by atoms with van der Waals surface area (Å²) in [7, 11) is 0. The summed E-state index contributed by atoms with van der Waals surface area (Å²) in [5.74, 6) is -0.111. The first kappa shape index (κ1) is 15.5. The average molecular weight is 321 g/mol. The normalized spacial score (nSPS) is 11.6. The summed E-state index contributed by atoms with van der Waals surface area (Å²) in [6.07, 6.45) is 2.78. The summed E-state index contributed by atoms with van der Waals surface area (Å²) in [4.78, 5) is 12.3. The molecular weight excluding hydrogens is 302 g/mol. The van der Waals surface area contributed by atoms with Crippen molar-refractivity contribution in [2.24, 2.45) is 27.2 Å². The number of aliphatic imine (C=N–C) groups is 2. The molecule has 7 nitrogen and oxygen atoms in total. The lowest BCUT2D eigenvalue weighted by atomic mass is 10.1. The molecule has 24 heavy (non-hydrogen) atoms. The molecule has 0 aliphatic heterocycles. The fraction of sp³-hybridized carbons (Fsp3) is 0.118. The molecule has 0 aliphatic carbocycles. The van der Waals surface area contributed by atoms with E-state index in [1.54, 1.807) is 0 Å². The number of aromatic nitrogens is 2. The SMILES string of the molecule is NC(N)=NC(N)=Nc1ccc2c(c1)ncn2CCc1ccccc1. The van der Waals surface area contributed by atoms with Gasteiger partial charge in [-0.05, 0) is 30.2 Å². The first-order valence-corrected chi connectivity index (χ1v) is 7.54. The Kier molecular flexibility index (Phi) is 4.42. The Morgan fingerprint density at radius 1 is 1.04 bits per heavy atom. The number of benzene rings is 2. The lowest BCUT2D eigenvalue weighted by Gasteiger charge is -2.05. The van der Waals surface area contributed by atoms with Gasteiger partial charge in [-0.15, -0.1) is 0 Å². The van der Waals surface area contributed by atoms with E-state index in [9.17, 15) is 0 Å². The predicted molar refractivity (Wildman–Crippen MR) is 97.0 cm³/mol. The van der Waals surface area contributed by atoms with E-state index in [2.05, 4.69) is 31.7 Å². The molecule has 2 aromatic carbocycles. The van der Waals surface area contributed by atoms with Crippen LogP contribution >= 0.6 is 0 Å². The largest absolute Gasteiger partial charge is 0.370 e. The minimum Gasteiger partial charge on any atom is -0.370 e. The highest BCUT2D eigenvalue weighted by Gasteiger charge is 2.04. The standard InChI is InChI=1S/C17H19N7/c18-16(19)23-17(20)22-13-6-7-15-14(10-13)21-11-24(15)9-8-12-4-2-1-3-5-12/h1-7,10-11H,8-9H2,(H6,18,19,20,22,23). The molecule has 0 aliphatic rings. The molecule has 7 heteroatoms. The van der Waals surface area contributed by atoms with Crippen LogP contribution in [0.25, 0.3) is 11.0 Å². The molecule has 6 N–H and O–H groups in total. The summed E-state index contributed by atoms with van der Waals surface area (Å²) in [6, 6.07) is 16.0. The molecule has 0 atom stereocenters. The van der Waals surface area contributed by atoms with E-state index in [0.717, 1.165) is 24.0 Å². The molecule has 1 aromatic heterocycles. The molecule has 0 unspecified atom stereocenters. The van der Waals surface area contributed by atoms with Crippen LogP contribution in [0.4, 0.5) is 5.69 Å². The molecule has 0 amide bonds. The molecule has 0 fully saturated rings. The monoisotopic (exact) mass is 321 g/mol. The third-order valence-corrected chi connectivity index (χ3v) is 3.58. The van der Waals surface area contributed by atoms with Gasteiger partial charge in [0.1, 0.15) is 0 Å². The number of hydrogen-bond donors (Lipinski definition) is 3. The second-order valence-electron chi connectivity index (χ2n) is 5.35. The van der Waals surface area contributed by atoms with Crippen LogP contribution < -0.4 is 17.2 Å². The van der Waals surface area contributed by atoms with Gasteiger partial charge in [0.15, 0.2) is 5.96 Å². The van der Waals surface area contributed by atoms with Crippen molar-refractivity contribution < 1.29 is 0 Å². The highest BCUT2D eigenvalue weighted by atomic mass is 15.1. The highest BCUT2D eigenvalue weighted by Crippen LogP contribution is 2.20. The van der Waals surface area contributed by atoms with Gasteiger partial charge in [-0.2, -0.15) is 4.99 Å². The van der Waals surface area contributed by atoms with Gasteiger partial charge in [-0.3, -0.25) is 0 Å². The zero-order valence-electron chi connectivity index (χ0n) is 13.1. The average Bonchev–Trinajstić information content (AvgIpc) is 2.95. The first-order valence-electron chi connectivity index (χ1n) is 7.54. The third kappa shape index (κ3) is 3.70. The lowest BCUT2D eigenvalue weighted by molar-refractivity contribution is 0.716. The van der Waals surface area contributed by atoms with Crippen LogP contribution in [-0.2, 0) is 13.0 Å². The number of rotatable bonds is 4. The molecule has 0 saturated heterocycles. The first-order chi connectivity index (χ1) is 11.6. The number of aryl methyl sites for hydroxylation is 2. The Morgan fingerprint density at radius 3 is 2.58 bits per heavy atom. The molecule has 0 spiro atoms. The van der Waals surface area contributed by atoms with Crippen molar-refractivity contribution in [2.45, 2.75) is 13.0 Å². The molecule has 0 bridgehead atoms. The van der Waals surface area contributed by atoms with Crippen molar-refractivity contribution in [2.75, 3.05) is 0 Å². The summed E-state index contributed by atoms with van der Waals surface area (Å²) in [5, 5.41) is 0. The quantitative estimate of drug-likeness (QED) is 0.498. The third-order valence-electron chi connectivity index (χ3n) is 3.58. The predicted octanol–water partition coefficient (Wildman–Crippen LogP) is 1.50. The van der Waals surface area contributed by atoms with Crippen molar-refractivity contribution in [3.05, 3.63) is 60.4 Å². The molecule has 3 aromatic rings. The molecule has 0 radical (unpaired) electrons. The Hall–Kier alpha value is -3.35. The minimum atomic E-state index is -0.123. The second-order valence-corrected chi connectivity index (χ2v) is 5.35. The maximum absolute atomic E-state index is 5.64. The van der Waals surface area contributed by atoms with Gasteiger partial charge in [-0.1, -0.05) is 30.3 Å². The topological polar surface area (TPSA) is 121 Å². The number of fused-ring (bicyclic) bond motifs is 1. The number of nitrogens with zero attached hydrogens (tertiary/aromatic N) is 4. The Morgan fingerprint density at radius 2 is 1.83 bits per heavy atom. The van der Waals surface area contributed by atoms with Crippen molar-refractivity contribution in [1.29, 1.82) is 0 Å². The van der Waals surface area contributed by atoms with Crippen LogP contribution in [0.1, 0.15) is 5.56 Å². The van der Waals surface area contributed by atoms with Gasteiger partial charge in [0.05, 0.1) is 23.0 Å². The van der Waals surface area contributed by atoms with E-state index in [4.69, 9.17) is 17.2 Å². The van der Waals surface area contributed by atoms with Gasteiger partial charge in [0.2, 0.25) is 5.96 Å². The number of hydrogen-bond acceptors (Lipinski definition) is 2. The Labute approximate surface area is 139 Å². The van der Waals surface area contributed by atoms with E-state index < -0.39 is 0 Å². The van der Waals surface area contributed by atoms with Gasteiger partial charge < -0.3 is 21.8 Å². The zero-order valence-corrected chi connectivity index (χ0v) is 13.1. The second kappa shape index (κ2) is 6.82. The van der Waals surface area contributed by atoms with Gasteiger partial charge >= 0.3 is 0 Å². The van der Waals surface area contributed by atoms with Crippen LogP contribution in [0.3, 0.4) is 0 Å². The molecule has 1 heterocycles. The van der Waals surface area contributed by atoms with Gasteiger partial charge in [0, 0.05) is 6.54 Å².